The fraction of sp³-hybridized carbons (Fsp3) is 0.552. The molecular weight excluding hydrogens is 480 g/mol. The van der Waals surface area contributed by atoms with E-state index in [0.29, 0.717) is 24.5 Å². The highest BCUT2D eigenvalue weighted by Gasteiger charge is 2.39. The van der Waals surface area contributed by atoms with E-state index in [1.54, 1.807) is 0 Å². The van der Waals surface area contributed by atoms with Crippen molar-refractivity contribution in [3.8, 4) is 5.75 Å². The zero-order valence-corrected chi connectivity index (χ0v) is 21.9. The van der Waals surface area contributed by atoms with E-state index < -0.39 is 0 Å². The van der Waals surface area contributed by atoms with Crippen LogP contribution in [0.25, 0.3) is 0 Å². The normalized spacial score (nSPS) is 22.4. The fourth-order valence-corrected chi connectivity index (χ4v) is 6.34. The molecule has 4 fully saturated rings. The van der Waals surface area contributed by atoms with Crippen LogP contribution >= 0.6 is 0 Å². The number of fused-ring (bicyclic) bond motifs is 2. The number of rotatable bonds is 5. The highest BCUT2D eigenvalue weighted by atomic mass is 16.5. The minimum atomic E-state index is 0.0505. The van der Waals surface area contributed by atoms with Gasteiger partial charge in [-0.2, -0.15) is 0 Å². The minimum Gasteiger partial charge on any atom is -0.485 e. The molecule has 0 bridgehead atoms. The van der Waals surface area contributed by atoms with E-state index in [-0.39, 0.29) is 5.91 Å². The number of ether oxygens (including phenoxy) is 2. The molecule has 5 aliphatic rings. The van der Waals surface area contributed by atoms with Crippen LogP contribution in [0.1, 0.15) is 54.5 Å². The lowest BCUT2D eigenvalue weighted by atomic mass is 9.90. The van der Waals surface area contributed by atoms with E-state index in [4.69, 9.17) is 19.4 Å². The van der Waals surface area contributed by atoms with Gasteiger partial charge >= 0.3 is 0 Å². The minimum absolute atomic E-state index is 0.0505. The lowest BCUT2D eigenvalue weighted by molar-refractivity contribution is -0.127. The summed E-state index contributed by atoms with van der Waals surface area (Å²) in [6.45, 7) is 11.0. The SMILES string of the molecule is C=CC(=O)N1CCC(N2CC(c3cc4c(c(C5CC5)n3)OCc3c(N5CCOCC5)ccnc3N4)C2)CC1. The topological polar surface area (TPSA) is 83.1 Å². The molecule has 0 radical (unpaired) electrons. The third-order valence-corrected chi connectivity index (χ3v) is 8.78. The third-order valence-electron chi connectivity index (χ3n) is 8.78. The molecule has 9 heteroatoms. The third kappa shape index (κ3) is 4.41. The average molecular weight is 517 g/mol. The molecule has 1 N–H and O–H groups in total. The molecule has 3 saturated heterocycles. The second-order valence-corrected chi connectivity index (χ2v) is 11.2. The van der Waals surface area contributed by atoms with Crippen molar-refractivity contribution in [1.82, 2.24) is 19.8 Å². The summed E-state index contributed by atoms with van der Waals surface area (Å²) in [6, 6.07) is 4.84. The van der Waals surface area contributed by atoms with E-state index in [0.717, 1.165) is 99.5 Å². The number of carbonyl (C=O) groups excluding carboxylic acids is 1. The van der Waals surface area contributed by atoms with Gasteiger partial charge in [0.05, 0.1) is 30.2 Å². The van der Waals surface area contributed by atoms with Gasteiger partial charge < -0.3 is 24.6 Å². The maximum absolute atomic E-state index is 11.9. The van der Waals surface area contributed by atoms with Crippen LogP contribution in [-0.4, -0.2) is 84.2 Å². The number of nitrogens with zero attached hydrogens (tertiary/aromatic N) is 5. The monoisotopic (exact) mass is 516 g/mol. The van der Waals surface area contributed by atoms with E-state index >= 15 is 0 Å². The van der Waals surface area contributed by atoms with Crippen LogP contribution in [0.3, 0.4) is 0 Å². The lowest BCUT2D eigenvalue weighted by Gasteiger charge is -2.47. The van der Waals surface area contributed by atoms with E-state index in [9.17, 15) is 4.79 Å². The molecule has 1 amide bonds. The fourth-order valence-electron chi connectivity index (χ4n) is 6.34. The number of carbonyl (C=O) groups is 1. The average Bonchev–Trinajstić information content (AvgIpc) is 3.79. The van der Waals surface area contributed by atoms with Crippen molar-refractivity contribution in [2.45, 2.75) is 50.2 Å². The second kappa shape index (κ2) is 9.85. The van der Waals surface area contributed by atoms with Crippen LogP contribution in [0.5, 0.6) is 5.75 Å². The lowest BCUT2D eigenvalue weighted by Crippen LogP contribution is -2.54. The molecule has 1 saturated carbocycles. The van der Waals surface area contributed by atoms with Gasteiger partial charge in [-0.15, -0.1) is 0 Å². The molecule has 2 aromatic rings. The van der Waals surface area contributed by atoms with Crippen LogP contribution in [0.15, 0.2) is 31.0 Å². The Morgan fingerprint density at radius 3 is 2.61 bits per heavy atom. The van der Waals surface area contributed by atoms with Crippen LogP contribution in [0.2, 0.25) is 0 Å². The van der Waals surface area contributed by atoms with Gasteiger partial charge in [-0.25, -0.2) is 4.98 Å². The number of hydrogen-bond acceptors (Lipinski definition) is 8. The van der Waals surface area contributed by atoms with Gasteiger partial charge in [-0.1, -0.05) is 6.58 Å². The number of piperidine rings is 1. The number of anilines is 3. The standard InChI is InChI=1S/C29H36N6O3/c1-2-26(36)34-9-6-21(7-10-34)35-16-20(17-35)23-15-24-28(27(31-23)19-3-4-19)38-18-22-25(5-8-30-29(22)32-24)33-11-13-37-14-12-33/h2,5,8,15,19-21H,1,3-4,6-7,9-14,16-18H2,(H,30,32). The van der Waals surface area contributed by atoms with Gasteiger partial charge in [0.1, 0.15) is 12.4 Å². The summed E-state index contributed by atoms with van der Waals surface area (Å²) >= 11 is 0. The number of amides is 1. The Morgan fingerprint density at radius 1 is 1.08 bits per heavy atom. The molecule has 2 aromatic heterocycles. The predicted octanol–water partition coefficient (Wildman–Crippen LogP) is 3.40. The predicted molar refractivity (Wildman–Crippen MR) is 145 cm³/mol. The number of hydrogen-bond donors (Lipinski definition) is 1. The number of nitrogens with one attached hydrogen (secondary N) is 1. The number of likely N-dealkylation sites (tertiary alicyclic amines) is 2. The molecule has 200 valence electrons. The van der Waals surface area contributed by atoms with Gasteiger partial charge in [-0.05, 0) is 43.9 Å². The smallest absolute Gasteiger partial charge is 0.245 e. The van der Waals surface area contributed by atoms with Crippen molar-refractivity contribution < 1.29 is 14.3 Å². The Morgan fingerprint density at radius 2 is 1.87 bits per heavy atom. The first-order valence-corrected chi connectivity index (χ1v) is 14.1. The highest BCUT2D eigenvalue weighted by Crippen LogP contribution is 2.49. The maximum atomic E-state index is 11.9. The van der Waals surface area contributed by atoms with Crippen LogP contribution in [0.4, 0.5) is 17.2 Å². The molecule has 1 aliphatic carbocycles. The Bertz CT molecular complexity index is 1230. The van der Waals surface area contributed by atoms with Gasteiger partial charge in [0, 0.05) is 74.7 Å². The summed E-state index contributed by atoms with van der Waals surface area (Å²) in [7, 11) is 0. The zero-order chi connectivity index (χ0) is 25.6. The molecule has 9 nitrogen and oxygen atoms in total. The Kier molecular flexibility index (Phi) is 6.20. The molecule has 0 atom stereocenters. The van der Waals surface area contributed by atoms with E-state index in [1.165, 1.54) is 24.6 Å². The molecule has 7 rings (SSSR count). The molecule has 0 aromatic carbocycles. The highest BCUT2D eigenvalue weighted by molar-refractivity contribution is 5.87. The Labute approximate surface area is 223 Å². The summed E-state index contributed by atoms with van der Waals surface area (Å²) in [5.74, 6) is 2.74. The van der Waals surface area contributed by atoms with Gasteiger partial charge in [-0.3, -0.25) is 14.7 Å². The second-order valence-electron chi connectivity index (χ2n) is 11.2. The van der Waals surface area contributed by atoms with E-state index in [1.807, 2.05) is 11.1 Å². The quantitative estimate of drug-likeness (QED) is 0.606. The summed E-state index contributed by atoms with van der Waals surface area (Å²) in [5, 5.41) is 3.65. The molecule has 0 unspecified atom stereocenters. The summed E-state index contributed by atoms with van der Waals surface area (Å²) < 4.78 is 12.1. The van der Waals surface area contributed by atoms with Crippen LogP contribution in [0, 0.1) is 0 Å². The number of morpholine rings is 1. The number of aromatic nitrogens is 2. The van der Waals surface area contributed by atoms with Crippen molar-refractivity contribution >= 4 is 23.1 Å². The Hall–Kier alpha value is -3.17. The first-order valence-electron chi connectivity index (χ1n) is 14.1. The molecule has 38 heavy (non-hydrogen) atoms. The largest absolute Gasteiger partial charge is 0.485 e. The van der Waals surface area contributed by atoms with Crippen molar-refractivity contribution in [2.24, 2.45) is 0 Å². The van der Waals surface area contributed by atoms with Crippen LogP contribution < -0.4 is 15.0 Å². The molecular formula is C29H36N6O3. The molecule has 6 heterocycles. The van der Waals surface area contributed by atoms with Gasteiger partial charge in [0.15, 0.2) is 5.75 Å². The molecule has 0 spiro atoms. The number of pyridine rings is 2. The first kappa shape index (κ1) is 23.9. The van der Waals surface area contributed by atoms with Crippen molar-refractivity contribution in [2.75, 3.05) is 62.7 Å². The van der Waals surface area contributed by atoms with Crippen LogP contribution in [-0.2, 0) is 16.1 Å². The maximum Gasteiger partial charge on any atom is 0.245 e. The first-order chi connectivity index (χ1) is 18.7. The van der Waals surface area contributed by atoms with Gasteiger partial charge in [0.25, 0.3) is 0 Å². The Balaban J connectivity index is 1.10. The zero-order valence-electron chi connectivity index (χ0n) is 21.9. The summed E-state index contributed by atoms with van der Waals surface area (Å²) in [5.41, 5.74) is 5.54. The van der Waals surface area contributed by atoms with Crippen molar-refractivity contribution in [3.05, 3.63) is 47.9 Å². The summed E-state index contributed by atoms with van der Waals surface area (Å²) in [4.78, 5) is 28.7. The van der Waals surface area contributed by atoms with Gasteiger partial charge in [0.2, 0.25) is 5.91 Å². The summed E-state index contributed by atoms with van der Waals surface area (Å²) in [6.07, 6.45) is 7.73. The molecule has 4 aliphatic heterocycles. The van der Waals surface area contributed by atoms with Crippen molar-refractivity contribution in [1.29, 1.82) is 0 Å². The van der Waals surface area contributed by atoms with Crippen molar-refractivity contribution in [3.63, 3.8) is 0 Å². The van der Waals surface area contributed by atoms with E-state index in [2.05, 4.69) is 33.8 Å².